The SMILES string of the molecule is Cc1nn(-c2ccccc2)c(C)c1CC(=O)Nc1ccnn1Cc1cccc(Cl)c1Cl. The number of nitrogens with one attached hydrogen (secondary N) is 1. The first-order chi connectivity index (χ1) is 14.9. The Kier molecular flexibility index (Phi) is 6.11. The van der Waals surface area contributed by atoms with Gasteiger partial charge >= 0.3 is 0 Å². The zero-order valence-corrected chi connectivity index (χ0v) is 18.7. The molecule has 0 aliphatic rings. The van der Waals surface area contributed by atoms with Crippen molar-refractivity contribution in [2.45, 2.75) is 26.8 Å². The highest BCUT2D eigenvalue weighted by Gasteiger charge is 2.17. The zero-order valence-electron chi connectivity index (χ0n) is 17.1. The Morgan fingerprint density at radius 2 is 1.81 bits per heavy atom. The minimum absolute atomic E-state index is 0.141. The highest BCUT2D eigenvalue weighted by atomic mass is 35.5. The van der Waals surface area contributed by atoms with E-state index in [-0.39, 0.29) is 12.3 Å². The zero-order chi connectivity index (χ0) is 22.0. The van der Waals surface area contributed by atoms with E-state index in [4.69, 9.17) is 23.2 Å². The van der Waals surface area contributed by atoms with E-state index in [1.54, 1.807) is 23.0 Å². The Morgan fingerprint density at radius 1 is 1.03 bits per heavy atom. The monoisotopic (exact) mass is 453 g/mol. The number of anilines is 1. The normalized spacial score (nSPS) is 11.0. The number of benzene rings is 2. The second-order valence-corrected chi connectivity index (χ2v) is 7.99. The van der Waals surface area contributed by atoms with Gasteiger partial charge in [-0.25, -0.2) is 9.36 Å². The van der Waals surface area contributed by atoms with E-state index in [1.165, 1.54) is 0 Å². The van der Waals surface area contributed by atoms with Gasteiger partial charge in [-0.05, 0) is 37.6 Å². The lowest BCUT2D eigenvalue weighted by Gasteiger charge is -2.11. The van der Waals surface area contributed by atoms with Crippen LogP contribution in [-0.4, -0.2) is 25.5 Å². The van der Waals surface area contributed by atoms with Crippen molar-refractivity contribution in [1.29, 1.82) is 0 Å². The molecule has 0 atom stereocenters. The number of carbonyl (C=O) groups is 1. The predicted octanol–water partition coefficient (Wildman–Crippen LogP) is 5.22. The van der Waals surface area contributed by atoms with Crippen LogP contribution in [0.4, 0.5) is 5.82 Å². The number of hydrogen-bond acceptors (Lipinski definition) is 3. The Bertz CT molecular complexity index is 1230. The first-order valence-corrected chi connectivity index (χ1v) is 10.5. The largest absolute Gasteiger partial charge is 0.311 e. The van der Waals surface area contributed by atoms with Crippen LogP contribution in [0.5, 0.6) is 0 Å². The summed E-state index contributed by atoms with van der Waals surface area (Å²) in [7, 11) is 0. The Hall–Kier alpha value is -3.09. The molecular weight excluding hydrogens is 433 g/mol. The first kappa shape index (κ1) is 21.2. The molecule has 2 aromatic carbocycles. The van der Waals surface area contributed by atoms with Crippen molar-refractivity contribution in [3.8, 4) is 5.69 Å². The maximum absolute atomic E-state index is 12.8. The molecule has 1 N–H and O–H groups in total. The average molecular weight is 454 g/mol. The average Bonchev–Trinajstić information content (AvgIpc) is 3.31. The van der Waals surface area contributed by atoms with Gasteiger partial charge in [0.25, 0.3) is 0 Å². The van der Waals surface area contributed by atoms with E-state index in [9.17, 15) is 4.79 Å². The van der Waals surface area contributed by atoms with Gasteiger partial charge in [-0.2, -0.15) is 10.2 Å². The Balaban J connectivity index is 1.50. The Morgan fingerprint density at radius 3 is 2.58 bits per heavy atom. The lowest BCUT2D eigenvalue weighted by molar-refractivity contribution is -0.115. The van der Waals surface area contributed by atoms with E-state index in [2.05, 4.69) is 15.5 Å². The molecule has 0 unspecified atom stereocenters. The van der Waals surface area contributed by atoms with Gasteiger partial charge in [0, 0.05) is 17.3 Å². The molecule has 2 aromatic heterocycles. The molecule has 4 aromatic rings. The topological polar surface area (TPSA) is 64.7 Å². The standard InChI is InChI=1S/C23H21Cl2N5O/c1-15-19(16(2)30(28-15)18-8-4-3-5-9-18)13-22(31)27-21-11-12-26-29(21)14-17-7-6-10-20(24)23(17)25/h3-12H,13-14H2,1-2H3,(H,27,31). The fraction of sp³-hybridized carbons (Fsp3) is 0.174. The number of hydrogen-bond donors (Lipinski definition) is 1. The van der Waals surface area contributed by atoms with Crippen LogP contribution in [0.3, 0.4) is 0 Å². The number of aromatic nitrogens is 4. The summed E-state index contributed by atoms with van der Waals surface area (Å²) >= 11 is 12.4. The maximum atomic E-state index is 12.8. The summed E-state index contributed by atoms with van der Waals surface area (Å²) in [5.41, 5.74) is 4.47. The van der Waals surface area contributed by atoms with Gasteiger partial charge in [0.15, 0.2) is 0 Å². The van der Waals surface area contributed by atoms with Gasteiger partial charge in [0.2, 0.25) is 5.91 Å². The fourth-order valence-corrected chi connectivity index (χ4v) is 3.88. The number of amides is 1. The van der Waals surface area contributed by atoms with Crippen molar-refractivity contribution in [3.63, 3.8) is 0 Å². The summed E-state index contributed by atoms with van der Waals surface area (Å²) in [4.78, 5) is 12.8. The van der Waals surface area contributed by atoms with Crippen LogP contribution in [0.15, 0.2) is 60.8 Å². The highest BCUT2D eigenvalue weighted by molar-refractivity contribution is 6.42. The molecule has 1 amide bonds. The third kappa shape index (κ3) is 4.50. The van der Waals surface area contributed by atoms with Gasteiger partial charge < -0.3 is 5.32 Å². The van der Waals surface area contributed by atoms with Crippen LogP contribution < -0.4 is 5.32 Å². The third-order valence-corrected chi connectivity index (χ3v) is 5.97. The molecule has 4 rings (SSSR count). The highest BCUT2D eigenvalue weighted by Crippen LogP contribution is 2.27. The molecule has 31 heavy (non-hydrogen) atoms. The van der Waals surface area contributed by atoms with E-state index >= 15 is 0 Å². The first-order valence-electron chi connectivity index (χ1n) is 9.79. The van der Waals surface area contributed by atoms with Crippen molar-refractivity contribution in [2.24, 2.45) is 0 Å². The number of carbonyl (C=O) groups excluding carboxylic acids is 1. The number of nitrogens with zero attached hydrogens (tertiary/aromatic N) is 4. The molecule has 0 saturated heterocycles. The van der Waals surface area contributed by atoms with Crippen LogP contribution >= 0.6 is 23.2 Å². The van der Waals surface area contributed by atoms with Crippen LogP contribution in [0.25, 0.3) is 5.69 Å². The molecule has 0 radical (unpaired) electrons. The van der Waals surface area contributed by atoms with Gasteiger partial charge in [0.1, 0.15) is 5.82 Å². The van der Waals surface area contributed by atoms with Gasteiger partial charge in [-0.1, -0.05) is 53.5 Å². The summed E-state index contributed by atoms with van der Waals surface area (Å²) in [5, 5.41) is 12.8. The second-order valence-electron chi connectivity index (χ2n) is 7.21. The summed E-state index contributed by atoms with van der Waals surface area (Å²) in [5.74, 6) is 0.449. The van der Waals surface area contributed by atoms with E-state index < -0.39 is 0 Å². The lowest BCUT2D eigenvalue weighted by Crippen LogP contribution is -2.18. The molecule has 0 bridgehead atoms. The summed E-state index contributed by atoms with van der Waals surface area (Å²) < 4.78 is 3.55. The van der Waals surface area contributed by atoms with Crippen LogP contribution in [0, 0.1) is 13.8 Å². The van der Waals surface area contributed by atoms with Gasteiger partial charge in [0.05, 0.1) is 40.6 Å². The molecular formula is C23H21Cl2N5O. The van der Waals surface area contributed by atoms with Crippen LogP contribution in [0.2, 0.25) is 10.0 Å². The molecule has 158 valence electrons. The van der Waals surface area contributed by atoms with E-state index in [0.717, 1.165) is 28.2 Å². The summed E-state index contributed by atoms with van der Waals surface area (Å²) in [6, 6.07) is 17.1. The lowest BCUT2D eigenvalue weighted by atomic mass is 10.1. The molecule has 0 aliphatic heterocycles. The minimum Gasteiger partial charge on any atom is -0.311 e. The van der Waals surface area contributed by atoms with Crippen molar-refractivity contribution < 1.29 is 4.79 Å². The summed E-state index contributed by atoms with van der Waals surface area (Å²) in [6.07, 6.45) is 1.85. The molecule has 6 nitrogen and oxygen atoms in total. The fourth-order valence-electron chi connectivity index (χ4n) is 3.50. The van der Waals surface area contributed by atoms with Gasteiger partial charge in [-0.3, -0.25) is 4.79 Å². The van der Waals surface area contributed by atoms with Gasteiger partial charge in [-0.15, -0.1) is 0 Å². The molecule has 8 heteroatoms. The predicted molar refractivity (Wildman–Crippen MR) is 123 cm³/mol. The molecule has 0 fully saturated rings. The maximum Gasteiger partial charge on any atom is 0.230 e. The second kappa shape index (κ2) is 8.96. The minimum atomic E-state index is -0.141. The summed E-state index contributed by atoms with van der Waals surface area (Å²) in [6.45, 7) is 4.29. The van der Waals surface area contributed by atoms with Crippen molar-refractivity contribution in [2.75, 3.05) is 5.32 Å². The van der Waals surface area contributed by atoms with Crippen LogP contribution in [0.1, 0.15) is 22.5 Å². The number of aryl methyl sites for hydroxylation is 1. The number of halogens is 2. The number of para-hydroxylation sites is 1. The van der Waals surface area contributed by atoms with E-state index in [0.29, 0.717) is 22.4 Å². The molecule has 2 heterocycles. The van der Waals surface area contributed by atoms with Crippen molar-refractivity contribution >= 4 is 34.9 Å². The van der Waals surface area contributed by atoms with Crippen molar-refractivity contribution in [1.82, 2.24) is 19.6 Å². The van der Waals surface area contributed by atoms with Crippen LogP contribution in [-0.2, 0) is 17.8 Å². The van der Waals surface area contributed by atoms with Crippen molar-refractivity contribution in [3.05, 3.63) is 93.4 Å². The Labute approximate surface area is 190 Å². The molecule has 0 saturated carbocycles. The number of rotatable bonds is 6. The quantitative estimate of drug-likeness (QED) is 0.435. The van der Waals surface area contributed by atoms with E-state index in [1.807, 2.05) is 61.0 Å². The molecule has 0 spiro atoms. The third-order valence-electron chi connectivity index (χ3n) is 5.11. The molecule has 0 aliphatic carbocycles. The smallest absolute Gasteiger partial charge is 0.230 e.